The maximum Gasteiger partial charge on any atom is 0.257 e. The second-order valence-electron chi connectivity index (χ2n) is 3.44. The zero-order valence-corrected chi connectivity index (χ0v) is 8.90. The van der Waals surface area contributed by atoms with Crippen LogP contribution in [0.3, 0.4) is 0 Å². The molecule has 16 heavy (non-hydrogen) atoms. The number of hydrogen-bond acceptors (Lipinski definition) is 6. The number of carbonyl (C=O) groups is 1. The van der Waals surface area contributed by atoms with Gasteiger partial charge in [0, 0.05) is 19.8 Å². The molecule has 7 heteroatoms. The summed E-state index contributed by atoms with van der Waals surface area (Å²) in [4.78, 5) is 21.4. The van der Waals surface area contributed by atoms with Gasteiger partial charge in [-0.15, -0.1) is 0 Å². The Balaban J connectivity index is 2.28. The molecule has 0 aromatic carbocycles. The Bertz CT molecular complexity index is 409. The Labute approximate surface area is 92.5 Å². The maximum atomic E-state index is 11.4. The number of aromatic nitrogens is 2. The van der Waals surface area contributed by atoms with E-state index in [4.69, 9.17) is 5.11 Å². The van der Waals surface area contributed by atoms with Gasteiger partial charge in [-0.2, -0.15) is 4.98 Å². The average molecular weight is 223 g/mol. The first kappa shape index (κ1) is 10.6. The van der Waals surface area contributed by atoms with Gasteiger partial charge in [-0.05, 0) is 0 Å². The number of fused-ring (bicyclic) bond motifs is 1. The van der Waals surface area contributed by atoms with E-state index in [0.717, 1.165) is 0 Å². The third kappa shape index (κ3) is 1.89. The molecule has 0 saturated heterocycles. The van der Waals surface area contributed by atoms with Gasteiger partial charge >= 0.3 is 0 Å². The summed E-state index contributed by atoms with van der Waals surface area (Å²) in [6, 6.07) is 0. The molecule has 0 spiro atoms. The van der Waals surface area contributed by atoms with Crippen molar-refractivity contribution in [2.75, 3.05) is 37.1 Å². The second-order valence-corrected chi connectivity index (χ2v) is 3.44. The van der Waals surface area contributed by atoms with Crippen molar-refractivity contribution in [2.45, 2.75) is 0 Å². The number of nitrogens with zero attached hydrogens (tertiary/aromatic N) is 3. The van der Waals surface area contributed by atoms with Gasteiger partial charge in [-0.25, -0.2) is 4.98 Å². The quantitative estimate of drug-likeness (QED) is 0.610. The van der Waals surface area contributed by atoms with Gasteiger partial charge in [0.2, 0.25) is 5.95 Å². The van der Waals surface area contributed by atoms with Crippen LogP contribution in [0.2, 0.25) is 0 Å². The van der Waals surface area contributed by atoms with Crippen LogP contribution >= 0.6 is 0 Å². The van der Waals surface area contributed by atoms with Crippen LogP contribution in [0.1, 0.15) is 10.4 Å². The summed E-state index contributed by atoms with van der Waals surface area (Å²) in [6.45, 7) is 0.849. The van der Waals surface area contributed by atoms with Gasteiger partial charge < -0.3 is 20.6 Å². The molecule has 0 radical (unpaired) electrons. The number of aliphatic hydroxyl groups is 1. The first-order valence-electron chi connectivity index (χ1n) is 4.93. The lowest BCUT2D eigenvalue weighted by Crippen LogP contribution is -2.36. The summed E-state index contributed by atoms with van der Waals surface area (Å²) in [7, 11) is 1.78. The summed E-state index contributed by atoms with van der Waals surface area (Å²) < 4.78 is 0. The molecular formula is C9H13N5O2. The first-order chi connectivity index (χ1) is 7.72. The number of carbonyl (C=O) groups excluding carboxylic acids is 1. The zero-order valence-electron chi connectivity index (χ0n) is 8.90. The molecule has 0 unspecified atom stereocenters. The molecule has 1 aromatic heterocycles. The largest absolute Gasteiger partial charge is 0.395 e. The van der Waals surface area contributed by atoms with Crippen molar-refractivity contribution < 1.29 is 9.90 Å². The van der Waals surface area contributed by atoms with Crippen molar-refractivity contribution in [3.63, 3.8) is 0 Å². The first-order valence-corrected chi connectivity index (χ1v) is 4.93. The average Bonchev–Trinajstić information content (AvgIpc) is 2.29. The Morgan fingerprint density at radius 1 is 1.56 bits per heavy atom. The summed E-state index contributed by atoms with van der Waals surface area (Å²) in [5, 5.41) is 14.4. The Morgan fingerprint density at radius 2 is 2.38 bits per heavy atom. The molecule has 1 aliphatic rings. The lowest BCUT2D eigenvalue weighted by Gasteiger charge is -2.20. The van der Waals surface area contributed by atoms with Crippen LogP contribution in [-0.2, 0) is 0 Å². The predicted octanol–water partition coefficient (Wildman–Crippen LogP) is -0.982. The van der Waals surface area contributed by atoms with Gasteiger partial charge in [-0.3, -0.25) is 4.79 Å². The molecule has 7 nitrogen and oxygen atoms in total. The summed E-state index contributed by atoms with van der Waals surface area (Å²) in [6.07, 6.45) is 1.48. The van der Waals surface area contributed by atoms with Crippen LogP contribution < -0.4 is 15.5 Å². The summed E-state index contributed by atoms with van der Waals surface area (Å²) in [5.41, 5.74) is 0.437. The van der Waals surface area contributed by atoms with Gasteiger partial charge in [0.05, 0.1) is 13.3 Å². The number of anilines is 2. The molecular weight excluding hydrogens is 210 g/mol. The molecule has 0 fully saturated rings. The van der Waals surface area contributed by atoms with Gasteiger partial charge in [0.1, 0.15) is 11.4 Å². The van der Waals surface area contributed by atoms with Gasteiger partial charge in [0.15, 0.2) is 0 Å². The minimum Gasteiger partial charge on any atom is -0.395 e. The minimum atomic E-state index is -0.176. The second kappa shape index (κ2) is 4.31. The highest BCUT2D eigenvalue weighted by Crippen LogP contribution is 2.17. The van der Waals surface area contributed by atoms with E-state index >= 15 is 0 Å². The van der Waals surface area contributed by atoms with E-state index in [1.807, 2.05) is 0 Å². The van der Waals surface area contributed by atoms with Crippen molar-refractivity contribution in [1.82, 2.24) is 15.3 Å². The third-order valence-electron chi connectivity index (χ3n) is 2.30. The molecule has 2 heterocycles. The molecule has 86 valence electrons. The van der Waals surface area contributed by atoms with Crippen LogP contribution in [0.5, 0.6) is 0 Å². The number of rotatable bonds is 3. The molecule has 0 bridgehead atoms. The number of nitrogens with one attached hydrogen (secondary N) is 2. The van der Waals surface area contributed by atoms with E-state index in [1.54, 1.807) is 11.9 Å². The fourth-order valence-corrected chi connectivity index (χ4v) is 1.41. The van der Waals surface area contributed by atoms with E-state index < -0.39 is 0 Å². The summed E-state index contributed by atoms with van der Waals surface area (Å²) >= 11 is 0. The molecule has 0 atom stereocenters. The summed E-state index contributed by atoms with van der Waals surface area (Å²) in [5.74, 6) is 0.832. The van der Waals surface area contributed by atoms with Crippen molar-refractivity contribution >= 4 is 17.7 Å². The third-order valence-corrected chi connectivity index (χ3v) is 2.30. The van der Waals surface area contributed by atoms with Gasteiger partial charge in [0.25, 0.3) is 5.91 Å². The molecule has 0 saturated carbocycles. The van der Waals surface area contributed by atoms with Crippen molar-refractivity contribution in [3.8, 4) is 0 Å². The lowest BCUT2D eigenvalue weighted by atomic mass is 10.2. The van der Waals surface area contributed by atoms with E-state index in [1.165, 1.54) is 6.20 Å². The smallest absolute Gasteiger partial charge is 0.257 e. The van der Waals surface area contributed by atoms with E-state index in [9.17, 15) is 4.79 Å². The van der Waals surface area contributed by atoms with Crippen molar-refractivity contribution in [3.05, 3.63) is 11.8 Å². The van der Waals surface area contributed by atoms with Crippen molar-refractivity contribution in [1.29, 1.82) is 0 Å². The van der Waals surface area contributed by atoms with Crippen LogP contribution in [0, 0.1) is 0 Å². The van der Waals surface area contributed by atoms with Crippen LogP contribution in [0.4, 0.5) is 11.8 Å². The maximum absolute atomic E-state index is 11.4. The van der Waals surface area contributed by atoms with Crippen LogP contribution in [0.15, 0.2) is 6.20 Å². The van der Waals surface area contributed by atoms with Crippen LogP contribution in [0.25, 0.3) is 0 Å². The Hall–Kier alpha value is -1.89. The number of likely N-dealkylation sites (N-methyl/N-ethyl adjacent to an activating group) is 1. The number of aliphatic hydroxyl groups excluding tert-OH is 1. The highest BCUT2D eigenvalue weighted by atomic mass is 16.3. The van der Waals surface area contributed by atoms with E-state index in [-0.39, 0.29) is 12.5 Å². The minimum absolute atomic E-state index is 0.0326. The number of hydrogen-bond donors (Lipinski definition) is 3. The molecule has 1 aliphatic heterocycles. The molecule has 1 amide bonds. The van der Waals surface area contributed by atoms with E-state index in [0.29, 0.717) is 30.5 Å². The fourth-order valence-electron chi connectivity index (χ4n) is 1.41. The predicted molar refractivity (Wildman–Crippen MR) is 58.3 cm³/mol. The van der Waals surface area contributed by atoms with Crippen LogP contribution in [-0.4, -0.2) is 47.8 Å². The zero-order chi connectivity index (χ0) is 11.5. The fraction of sp³-hybridized carbons (Fsp3) is 0.444. The normalized spacial score (nSPS) is 13.8. The topological polar surface area (TPSA) is 90.4 Å². The Kier molecular flexibility index (Phi) is 2.86. The standard InChI is InChI=1S/C9H13N5O2/c1-14(2-3-15)9-10-4-6-7(13-9)11-5-12-8(6)16/h4,15H,2-3,5H2,1H3,(H,12,16)(H,10,11,13). The van der Waals surface area contributed by atoms with Crippen molar-refractivity contribution in [2.24, 2.45) is 0 Å². The van der Waals surface area contributed by atoms with E-state index in [2.05, 4.69) is 20.6 Å². The molecule has 3 N–H and O–H groups in total. The monoisotopic (exact) mass is 223 g/mol. The molecule has 1 aromatic rings. The Morgan fingerprint density at radius 3 is 3.12 bits per heavy atom. The molecule has 0 aliphatic carbocycles. The SMILES string of the molecule is CN(CCO)c1ncc2c(n1)NCNC2=O. The number of amides is 1. The lowest BCUT2D eigenvalue weighted by molar-refractivity contribution is 0.0952. The molecule has 2 rings (SSSR count). The highest BCUT2D eigenvalue weighted by Gasteiger charge is 2.19. The highest BCUT2D eigenvalue weighted by molar-refractivity contribution is 6.00. The van der Waals surface area contributed by atoms with Gasteiger partial charge in [-0.1, -0.05) is 0 Å².